The Hall–Kier alpha value is -1.23. The molecule has 20 heavy (non-hydrogen) atoms. The number of hydrogen-bond acceptors (Lipinski definition) is 5. The van der Waals surface area contributed by atoms with Gasteiger partial charge in [0.25, 0.3) is 0 Å². The topological polar surface area (TPSA) is 64.3 Å². The summed E-state index contributed by atoms with van der Waals surface area (Å²) >= 11 is 1.41. The third-order valence-corrected chi connectivity index (χ3v) is 5.00. The highest BCUT2D eigenvalue weighted by Gasteiger charge is 2.39. The van der Waals surface area contributed by atoms with E-state index in [-0.39, 0.29) is 17.2 Å². The Labute approximate surface area is 124 Å². The minimum atomic E-state index is -0.0649. The molecule has 1 saturated carbocycles. The van der Waals surface area contributed by atoms with Gasteiger partial charge in [0.05, 0.1) is 17.7 Å². The molecule has 4 nitrogen and oxygen atoms in total. The Bertz CT molecular complexity index is 516. The SMILES string of the molecule is COc1c(NC(C)(C)C2CC2)sc(C(=O)C(C)C)c1N. The molecular weight excluding hydrogens is 272 g/mol. The molecule has 0 atom stereocenters. The van der Waals surface area contributed by atoms with Gasteiger partial charge in [-0.05, 0) is 32.6 Å². The normalized spacial score (nSPS) is 15.5. The first-order valence-corrected chi connectivity index (χ1v) is 7.88. The lowest BCUT2D eigenvalue weighted by molar-refractivity contribution is 0.0944. The van der Waals surface area contributed by atoms with Crippen LogP contribution in [0.2, 0.25) is 0 Å². The average Bonchev–Trinajstić information content (AvgIpc) is 3.15. The number of carbonyl (C=O) groups excluding carboxylic acids is 1. The smallest absolute Gasteiger partial charge is 0.177 e. The largest absolute Gasteiger partial charge is 0.492 e. The molecule has 0 radical (unpaired) electrons. The number of nitrogens with two attached hydrogens (primary N) is 1. The number of nitrogens with one attached hydrogen (secondary N) is 1. The summed E-state index contributed by atoms with van der Waals surface area (Å²) in [5.41, 5.74) is 6.55. The third-order valence-electron chi connectivity index (χ3n) is 3.89. The second kappa shape index (κ2) is 5.28. The number of Topliss-reactive ketones (excluding diaryl/α,β-unsaturated/α-hetero) is 1. The molecule has 1 aromatic rings. The van der Waals surface area contributed by atoms with E-state index in [9.17, 15) is 4.79 Å². The van der Waals surface area contributed by atoms with Crippen molar-refractivity contribution in [3.8, 4) is 5.75 Å². The quantitative estimate of drug-likeness (QED) is 0.784. The monoisotopic (exact) mass is 296 g/mol. The van der Waals surface area contributed by atoms with E-state index in [0.29, 0.717) is 22.2 Å². The van der Waals surface area contributed by atoms with Crippen LogP contribution in [0.25, 0.3) is 0 Å². The van der Waals surface area contributed by atoms with Crippen LogP contribution in [0, 0.1) is 11.8 Å². The van der Waals surface area contributed by atoms with Gasteiger partial charge in [-0.3, -0.25) is 4.79 Å². The van der Waals surface area contributed by atoms with Gasteiger partial charge in [-0.15, -0.1) is 11.3 Å². The van der Waals surface area contributed by atoms with Gasteiger partial charge in [0.1, 0.15) is 5.00 Å². The Morgan fingerprint density at radius 1 is 1.45 bits per heavy atom. The fourth-order valence-corrected chi connectivity index (χ4v) is 3.70. The lowest BCUT2D eigenvalue weighted by atomic mass is 9.99. The van der Waals surface area contributed by atoms with Crippen molar-refractivity contribution in [2.75, 3.05) is 18.2 Å². The van der Waals surface area contributed by atoms with Crippen molar-refractivity contribution in [1.82, 2.24) is 0 Å². The zero-order valence-corrected chi connectivity index (χ0v) is 13.7. The van der Waals surface area contributed by atoms with Gasteiger partial charge in [0.15, 0.2) is 11.5 Å². The number of anilines is 2. The van der Waals surface area contributed by atoms with E-state index in [4.69, 9.17) is 10.5 Å². The van der Waals surface area contributed by atoms with Crippen LogP contribution in [0.3, 0.4) is 0 Å². The van der Waals surface area contributed by atoms with Crippen LogP contribution < -0.4 is 15.8 Å². The molecule has 1 fully saturated rings. The van der Waals surface area contributed by atoms with Crippen molar-refractivity contribution < 1.29 is 9.53 Å². The molecule has 1 aliphatic rings. The molecule has 1 aromatic heterocycles. The molecule has 112 valence electrons. The Morgan fingerprint density at radius 3 is 2.50 bits per heavy atom. The summed E-state index contributed by atoms with van der Waals surface area (Å²) in [4.78, 5) is 12.8. The second-order valence-electron chi connectivity index (χ2n) is 6.35. The van der Waals surface area contributed by atoms with Gasteiger partial charge < -0.3 is 15.8 Å². The standard InChI is InChI=1S/C15H24N2O2S/c1-8(2)11(18)13-10(16)12(19-5)14(20-13)17-15(3,4)9-6-7-9/h8-9,17H,6-7,16H2,1-5H3. The first kappa shape index (κ1) is 15.2. The van der Waals surface area contributed by atoms with Crippen molar-refractivity contribution >= 4 is 27.8 Å². The van der Waals surface area contributed by atoms with Crippen molar-refractivity contribution in [1.29, 1.82) is 0 Å². The van der Waals surface area contributed by atoms with Gasteiger partial charge in [0.2, 0.25) is 0 Å². The highest BCUT2D eigenvalue weighted by atomic mass is 32.1. The van der Waals surface area contributed by atoms with Gasteiger partial charge >= 0.3 is 0 Å². The molecule has 0 aliphatic heterocycles. The van der Waals surface area contributed by atoms with E-state index >= 15 is 0 Å². The summed E-state index contributed by atoms with van der Waals surface area (Å²) in [6.07, 6.45) is 2.50. The van der Waals surface area contributed by atoms with Crippen LogP contribution in [0.1, 0.15) is 50.2 Å². The van der Waals surface area contributed by atoms with E-state index in [1.165, 1.54) is 24.2 Å². The fourth-order valence-electron chi connectivity index (χ4n) is 2.36. The van der Waals surface area contributed by atoms with E-state index in [2.05, 4.69) is 19.2 Å². The molecule has 3 N–H and O–H groups in total. The van der Waals surface area contributed by atoms with Gasteiger partial charge in [-0.2, -0.15) is 0 Å². The van der Waals surface area contributed by atoms with Crippen molar-refractivity contribution in [3.63, 3.8) is 0 Å². The summed E-state index contributed by atoms with van der Waals surface area (Å²) in [6, 6.07) is 0. The predicted octanol–water partition coefficient (Wildman–Crippen LogP) is 3.78. The van der Waals surface area contributed by atoms with Crippen LogP contribution in [-0.4, -0.2) is 18.4 Å². The molecule has 1 heterocycles. The van der Waals surface area contributed by atoms with Crippen molar-refractivity contribution in [3.05, 3.63) is 4.88 Å². The van der Waals surface area contributed by atoms with E-state index in [1.807, 2.05) is 13.8 Å². The zero-order chi connectivity index (χ0) is 15.1. The Morgan fingerprint density at radius 2 is 2.05 bits per heavy atom. The van der Waals surface area contributed by atoms with E-state index in [0.717, 1.165) is 5.00 Å². The number of rotatable bonds is 6. The summed E-state index contributed by atoms with van der Waals surface area (Å²) < 4.78 is 5.40. The molecule has 5 heteroatoms. The lowest BCUT2D eigenvalue weighted by Crippen LogP contribution is -2.32. The van der Waals surface area contributed by atoms with Crippen LogP contribution in [0.15, 0.2) is 0 Å². The number of ketones is 1. The molecule has 0 unspecified atom stereocenters. The summed E-state index contributed by atoms with van der Waals surface area (Å²) in [5, 5.41) is 4.38. The van der Waals surface area contributed by atoms with E-state index < -0.39 is 0 Å². The van der Waals surface area contributed by atoms with E-state index in [1.54, 1.807) is 7.11 Å². The van der Waals surface area contributed by atoms with Gasteiger partial charge in [0, 0.05) is 11.5 Å². The number of methoxy groups -OCH3 is 1. The van der Waals surface area contributed by atoms with Crippen LogP contribution >= 0.6 is 11.3 Å². The number of nitrogen functional groups attached to an aromatic ring is 1. The molecule has 0 spiro atoms. The highest BCUT2D eigenvalue weighted by Crippen LogP contribution is 2.48. The second-order valence-corrected chi connectivity index (χ2v) is 7.37. The summed E-state index contributed by atoms with van der Waals surface area (Å²) in [7, 11) is 1.59. The number of ether oxygens (including phenoxy) is 1. The first-order chi connectivity index (χ1) is 9.27. The number of thiophene rings is 1. The van der Waals surface area contributed by atoms with Crippen LogP contribution in [0.5, 0.6) is 5.75 Å². The molecule has 0 bridgehead atoms. The maximum Gasteiger partial charge on any atom is 0.177 e. The Balaban J connectivity index is 2.33. The fraction of sp³-hybridized carbons (Fsp3) is 0.667. The maximum atomic E-state index is 12.2. The van der Waals surface area contributed by atoms with Crippen LogP contribution in [0.4, 0.5) is 10.7 Å². The van der Waals surface area contributed by atoms with Gasteiger partial charge in [-0.25, -0.2) is 0 Å². The maximum absolute atomic E-state index is 12.2. The minimum absolute atomic E-state index is 0.00270. The molecule has 0 saturated heterocycles. The van der Waals surface area contributed by atoms with Crippen LogP contribution in [-0.2, 0) is 0 Å². The number of carbonyl (C=O) groups is 1. The number of hydrogen-bond donors (Lipinski definition) is 2. The first-order valence-electron chi connectivity index (χ1n) is 7.06. The molecule has 1 aliphatic carbocycles. The predicted molar refractivity (Wildman–Crippen MR) is 84.9 cm³/mol. The minimum Gasteiger partial charge on any atom is -0.492 e. The Kier molecular flexibility index (Phi) is 4.00. The molecule has 0 aromatic carbocycles. The van der Waals surface area contributed by atoms with Crippen molar-refractivity contribution in [2.45, 2.75) is 46.1 Å². The molecule has 2 rings (SSSR count). The zero-order valence-electron chi connectivity index (χ0n) is 12.9. The average molecular weight is 296 g/mol. The summed E-state index contributed by atoms with van der Waals surface area (Å²) in [5.74, 6) is 1.29. The highest BCUT2D eigenvalue weighted by molar-refractivity contribution is 7.19. The summed E-state index contributed by atoms with van der Waals surface area (Å²) in [6.45, 7) is 8.14. The third kappa shape index (κ3) is 2.77. The van der Waals surface area contributed by atoms with Crippen molar-refractivity contribution in [2.24, 2.45) is 11.8 Å². The molecular formula is C15H24N2O2S. The lowest BCUT2D eigenvalue weighted by Gasteiger charge is -2.27. The van der Waals surface area contributed by atoms with Gasteiger partial charge in [-0.1, -0.05) is 13.8 Å². The molecule has 0 amide bonds.